The lowest BCUT2D eigenvalue weighted by atomic mass is 10.1. The number of carbonyl (C=O) groups excluding carboxylic acids is 1. The van der Waals surface area contributed by atoms with Gasteiger partial charge < -0.3 is 5.32 Å². The van der Waals surface area contributed by atoms with Crippen LogP contribution in [0.2, 0.25) is 0 Å². The molecule has 0 spiro atoms. The number of non-ortho nitro benzene ring substituents is 1. The molecule has 1 N–H and O–H groups in total. The molecule has 0 atom stereocenters. The molecule has 22 heavy (non-hydrogen) atoms. The molecule has 2 rings (SSSR count). The first-order valence-electron chi connectivity index (χ1n) is 7.14. The molecule has 0 fully saturated rings. The molecule has 1 amide bonds. The van der Waals surface area contributed by atoms with E-state index in [9.17, 15) is 14.9 Å². The van der Waals surface area contributed by atoms with E-state index in [1.54, 1.807) is 6.07 Å². The van der Waals surface area contributed by atoms with Crippen LogP contribution in [0.5, 0.6) is 0 Å². The monoisotopic (exact) mass is 298 g/mol. The maximum atomic E-state index is 12.0. The van der Waals surface area contributed by atoms with Crippen LogP contribution in [0.1, 0.15) is 27.9 Å². The van der Waals surface area contributed by atoms with Crippen molar-refractivity contribution in [3.05, 3.63) is 75.3 Å². The number of nitrogens with one attached hydrogen (secondary N) is 1. The van der Waals surface area contributed by atoms with Crippen molar-refractivity contribution in [2.75, 3.05) is 6.54 Å². The summed E-state index contributed by atoms with van der Waals surface area (Å²) in [6.07, 6.45) is 1.71. The molecule has 0 unspecified atom stereocenters. The van der Waals surface area contributed by atoms with Gasteiger partial charge in [-0.25, -0.2) is 0 Å². The van der Waals surface area contributed by atoms with E-state index in [-0.39, 0.29) is 11.6 Å². The van der Waals surface area contributed by atoms with Crippen molar-refractivity contribution in [3.63, 3.8) is 0 Å². The third kappa shape index (κ3) is 4.41. The third-order valence-corrected chi connectivity index (χ3v) is 3.33. The van der Waals surface area contributed by atoms with Gasteiger partial charge in [0.1, 0.15) is 0 Å². The highest BCUT2D eigenvalue weighted by atomic mass is 16.6. The van der Waals surface area contributed by atoms with Gasteiger partial charge in [-0.2, -0.15) is 0 Å². The zero-order valence-corrected chi connectivity index (χ0v) is 12.4. The molecule has 0 bridgehead atoms. The normalized spacial score (nSPS) is 10.2. The first-order valence-corrected chi connectivity index (χ1v) is 7.14. The number of nitrogens with zero attached hydrogens (tertiary/aromatic N) is 1. The highest BCUT2D eigenvalue weighted by Gasteiger charge is 2.10. The maximum absolute atomic E-state index is 12.0. The largest absolute Gasteiger partial charge is 0.352 e. The topological polar surface area (TPSA) is 72.2 Å². The third-order valence-electron chi connectivity index (χ3n) is 3.33. The van der Waals surface area contributed by atoms with Crippen LogP contribution in [0.25, 0.3) is 0 Å². The number of hydrogen-bond donors (Lipinski definition) is 1. The molecular formula is C17H18N2O3. The Bertz CT molecular complexity index is 683. The Balaban J connectivity index is 1.83. The molecule has 114 valence electrons. The number of benzene rings is 2. The predicted octanol–water partition coefficient (Wildman–Crippen LogP) is 3.27. The first-order chi connectivity index (χ1) is 10.6. The Labute approximate surface area is 129 Å². The van der Waals surface area contributed by atoms with Crippen LogP contribution in [0, 0.1) is 17.0 Å². The van der Waals surface area contributed by atoms with Crippen molar-refractivity contribution >= 4 is 11.6 Å². The van der Waals surface area contributed by atoms with Crippen molar-refractivity contribution in [2.24, 2.45) is 0 Å². The van der Waals surface area contributed by atoms with Gasteiger partial charge in [0.05, 0.1) is 4.92 Å². The number of nitro benzene ring substituents is 1. The van der Waals surface area contributed by atoms with E-state index in [2.05, 4.69) is 17.4 Å². The summed E-state index contributed by atoms with van der Waals surface area (Å²) >= 11 is 0. The van der Waals surface area contributed by atoms with E-state index in [0.717, 1.165) is 12.8 Å². The number of aryl methyl sites for hydroxylation is 2. The van der Waals surface area contributed by atoms with Crippen LogP contribution in [0.4, 0.5) is 5.69 Å². The van der Waals surface area contributed by atoms with E-state index >= 15 is 0 Å². The van der Waals surface area contributed by atoms with Crippen LogP contribution in [-0.2, 0) is 6.42 Å². The summed E-state index contributed by atoms with van der Waals surface area (Å²) in [6.45, 7) is 2.59. The Hall–Kier alpha value is -2.69. The Morgan fingerprint density at radius 2 is 1.95 bits per heavy atom. The minimum atomic E-state index is -0.505. The fraction of sp³-hybridized carbons (Fsp3) is 0.235. The molecule has 0 saturated heterocycles. The van der Waals surface area contributed by atoms with Crippen molar-refractivity contribution < 1.29 is 9.72 Å². The fourth-order valence-corrected chi connectivity index (χ4v) is 2.22. The standard InChI is InChI=1S/C17H18N2O3/c1-13-5-2-6-14(11-13)7-4-10-18-17(20)15-8-3-9-16(12-15)19(21)22/h2-3,5-6,8-9,11-12H,4,7,10H2,1H3,(H,18,20). The van der Waals surface area contributed by atoms with E-state index in [4.69, 9.17) is 0 Å². The van der Waals surface area contributed by atoms with Crippen molar-refractivity contribution in [1.29, 1.82) is 0 Å². The van der Waals surface area contributed by atoms with Gasteiger partial charge >= 0.3 is 0 Å². The van der Waals surface area contributed by atoms with Gasteiger partial charge in [-0.05, 0) is 31.4 Å². The fourth-order valence-electron chi connectivity index (χ4n) is 2.22. The number of hydrogen-bond acceptors (Lipinski definition) is 3. The van der Waals surface area contributed by atoms with E-state index in [1.165, 1.54) is 29.3 Å². The van der Waals surface area contributed by atoms with Gasteiger partial charge in [0.25, 0.3) is 11.6 Å². The van der Waals surface area contributed by atoms with Crippen molar-refractivity contribution in [3.8, 4) is 0 Å². The maximum Gasteiger partial charge on any atom is 0.270 e. The minimum absolute atomic E-state index is 0.0765. The zero-order valence-electron chi connectivity index (χ0n) is 12.4. The smallest absolute Gasteiger partial charge is 0.270 e. The van der Waals surface area contributed by atoms with Crippen LogP contribution < -0.4 is 5.32 Å². The molecule has 5 heteroatoms. The molecule has 2 aromatic rings. The summed E-state index contributed by atoms with van der Waals surface area (Å²) in [4.78, 5) is 22.1. The van der Waals surface area contributed by atoms with Crippen LogP contribution >= 0.6 is 0 Å². The van der Waals surface area contributed by atoms with Gasteiger partial charge in [0, 0.05) is 24.2 Å². The van der Waals surface area contributed by atoms with Gasteiger partial charge in [0.15, 0.2) is 0 Å². The number of amides is 1. The molecule has 0 saturated carbocycles. The quantitative estimate of drug-likeness (QED) is 0.505. The molecule has 0 aliphatic rings. The highest BCUT2D eigenvalue weighted by molar-refractivity contribution is 5.94. The average Bonchev–Trinajstić information content (AvgIpc) is 2.51. The second-order valence-electron chi connectivity index (χ2n) is 5.16. The highest BCUT2D eigenvalue weighted by Crippen LogP contribution is 2.13. The number of carbonyl (C=O) groups is 1. The van der Waals surface area contributed by atoms with Crippen LogP contribution in [0.3, 0.4) is 0 Å². The molecule has 2 aromatic carbocycles. The summed E-state index contributed by atoms with van der Waals surface area (Å²) in [5, 5.41) is 13.5. The summed E-state index contributed by atoms with van der Waals surface area (Å²) < 4.78 is 0. The number of nitro groups is 1. The lowest BCUT2D eigenvalue weighted by Gasteiger charge is -2.06. The van der Waals surface area contributed by atoms with Crippen molar-refractivity contribution in [1.82, 2.24) is 5.32 Å². The van der Waals surface area contributed by atoms with E-state index < -0.39 is 4.92 Å². The minimum Gasteiger partial charge on any atom is -0.352 e. The SMILES string of the molecule is Cc1cccc(CCCNC(=O)c2cccc([N+](=O)[O-])c2)c1. The van der Waals surface area contributed by atoms with Gasteiger partial charge in [-0.3, -0.25) is 14.9 Å². The zero-order chi connectivity index (χ0) is 15.9. The molecule has 5 nitrogen and oxygen atoms in total. The molecule has 0 aromatic heterocycles. The molecule has 0 heterocycles. The summed E-state index contributed by atoms with van der Waals surface area (Å²) in [5.74, 6) is -0.284. The Kier molecular flexibility index (Phi) is 5.25. The van der Waals surface area contributed by atoms with E-state index in [0.29, 0.717) is 12.1 Å². The second-order valence-corrected chi connectivity index (χ2v) is 5.16. The van der Waals surface area contributed by atoms with Gasteiger partial charge in [0.2, 0.25) is 0 Å². The summed E-state index contributed by atoms with van der Waals surface area (Å²) in [7, 11) is 0. The van der Waals surface area contributed by atoms with Crippen LogP contribution in [0.15, 0.2) is 48.5 Å². The Morgan fingerprint density at radius 3 is 2.68 bits per heavy atom. The Morgan fingerprint density at radius 1 is 1.18 bits per heavy atom. The lowest BCUT2D eigenvalue weighted by Crippen LogP contribution is -2.24. The average molecular weight is 298 g/mol. The number of rotatable bonds is 6. The van der Waals surface area contributed by atoms with Gasteiger partial charge in [-0.15, -0.1) is 0 Å². The molecular weight excluding hydrogens is 280 g/mol. The second kappa shape index (κ2) is 7.36. The lowest BCUT2D eigenvalue weighted by molar-refractivity contribution is -0.384. The molecule has 0 radical (unpaired) electrons. The van der Waals surface area contributed by atoms with Gasteiger partial charge in [-0.1, -0.05) is 35.9 Å². The summed E-state index contributed by atoms with van der Waals surface area (Å²) in [6, 6.07) is 14.0. The molecule has 0 aliphatic carbocycles. The molecule has 0 aliphatic heterocycles. The van der Waals surface area contributed by atoms with Crippen LogP contribution in [-0.4, -0.2) is 17.4 Å². The first kappa shape index (κ1) is 15.7. The van der Waals surface area contributed by atoms with E-state index in [1.807, 2.05) is 19.1 Å². The predicted molar refractivity (Wildman–Crippen MR) is 84.9 cm³/mol. The summed E-state index contributed by atoms with van der Waals surface area (Å²) in [5.41, 5.74) is 2.69. The van der Waals surface area contributed by atoms with Crippen molar-refractivity contribution in [2.45, 2.75) is 19.8 Å².